The van der Waals surface area contributed by atoms with Gasteiger partial charge in [0.05, 0.1) is 4.92 Å². The lowest BCUT2D eigenvalue weighted by molar-refractivity contribution is -0.384. The van der Waals surface area contributed by atoms with Gasteiger partial charge < -0.3 is 4.57 Å². The first kappa shape index (κ1) is 20.4. The van der Waals surface area contributed by atoms with Crippen LogP contribution in [0.1, 0.15) is 22.5 Å². The number of nitrogens with zero attached hydrogens (tertiary/aromatic N) is 4. The predicted octanol–water partition coefficient (Wildman–Crippen LogP) is 2.91. The fourth-order valence-corrected chi connectivity index (χ4v) is 3.60. The minimum Gasteiger partial charge on any atom is -0.318 e. The van der Waals surface area contributed by atoms with Crippen molar-refractivity contribution in [3.8, 4) is 5.69 Å². The van der Waals surface area contributed by atoms with Gasteiger partial charge in [0.25, 0.3) is 17.5 Å². The molecular weight excluding hydrogens is 392 g/mol. The lowest BCUT2D eigenvalue weighted by Crippen LogP contribution is -2.52. The summed E-state index contributed by atoms with van der Waals surface area (Å²) in [4.78, 5) is 38.3. The summed E-state index contributed by atoms with van der Waals surface area (Å²) in [6.07, 6.45) is 1.57. The van der Waals surface area contributed by atoms with Crippen LogP contribution in [0.2, 0.25) is 0 Å². The number of hydrogen-bond acceptors (Lipinski definition) is 5. The van der Waals surface area contributed by atoms with Gasteiger partial charge in [-0.2, -0.15) is 0 Å². The maximum absolute atomic E-state index is 12.6. The highest BCUT2D eigenvalue weighted by Crippen LogP contribution is 2.28. The molecule has 0 atom stereocenters. The van der Waals surface area contributed by atoms with Gasteiger partial charge in [-0.1, -0.05) is 0 Å². The molecule has 1 aromatic heterocycles. The lowest BCUT2D eigenvalue weighted by atomic mass is 10.1. The minimum atomic E-state index is -0.450. The zero-order valence-corrected chi connectivity index (χ0v) is 17.5. The molecule has 0 bridgehead atoms. The van der Waals surface area contributed by atoms with Gasteiger partial charge in [-0.15, -0.1) is 0 Å². The van der Waals surface area contributed by atoms with Crippen LogP contribution in [0.15, 0.2) is 29.8 Å². The van der Waals surface area contributed by atoms with Crippen molar-refractivity contribution >= 4 is 40.9 Å². The number of rotatable bonds is 3. The standard InChI is InChI=1S/C20H20N4O4S/c1-11-8-15(24(27)28)6-7-17(11)23-12(2)9-14(13(23)3)10-16-18(25)21(4)20(29)22(5)19(16)26/h6-10H,1-5H3. The summed E-state index contributed by atoms with van der Waals surface area (Å²) >= 11 is 5.11. The molecule has 0 radical (unpaired) electrons. The smallest absolute Gasteiger partial charge is 0.269 e. The van der Waals surface area contributed by atoms with Gasteiger partial charge in [-0.3, -0.25) is 29.5 Å². The fraction of sp³-hybridized carbons (Fsp3) is 0.250. The van der Waals surface area contributed by atoms with Crippen LogP contribution in [0.5, 0.6) is 0 Å². The van der Waals surface area contributed by atoms with Crippen molar-refractivity contribution in [3.05, 3.63) is 62.5 Å². The van der Waals surface area contributed by atoms with E-state index in [1.807, 2.05) is 24.5 Å². The highest BCUT2D eigenvalue weighted by atomic mass is 32.1. The molecule has 1 aliphatic heterocycles. The highest BCUT2D eigenvalue weighted by molar-refractivity contribution is 7.80. The van der Waals surface area contributed by atoms with Crippen molar-refractivity contribution < 1.29 is 14.5 Å². The second kappa shape index (κ2) is 7.25. The zero-order chi connectivity index (χ0) is 21.6. The molecule has 150 valence electrons. The van der Waals surface area contributed by atoms with E-state index in [-0.39, 0.29) is 16.4 Å². The number of aryl methyl sites for hydroxylation is 2. The Labute approximate surface area is 173 Å². The second-order valence-corrected chi connectivity index (χ2v) is 7.32. The molecule has 29 heavy (non-hydrogen) atoms. The molecule has 1 aliphatic rings. The van der Waals surface area contributed by atoms with E-state index in [0.717, 1.165) is 22.6 Å². The molecule has 1 fully saturated rings. The molecule has 2 heterocycles. The molecule has 0 aliphatic carbocycles. The molecule has 1 aromatic carbocycles. The number of likely N-dealkylation sites (N-methyl/N-ethyl adjacent to an activating group) is 2. The minimum absolute atomic E-state index is 0.0245. The van der Waals surface area contributed by atoms with Crippen molar-refractivity contribution in [1.29, 1.82) is 0 Å². The highest BCUT2D eigenvalue weighted by Gasteiger charge is 2.35. The Morgan fingerprint density at radius 2 is 1.62 bits per heavy atom. The van der Waals surface area contributed by atoms with Crippen LogP contribution in [0.25, 0.3) is 11.8 Å². The number of nitro groups is 1. The Kier molecular flexibility index (Phi) is 5.10. The van der Waals surface area contributed by atoms with Gasteiger partial charge in [-0.25, -0.2) is 0 Å². The number of aromatic nitrogens is 1. The zero-order valence-electron chi connectivity index (χ0n) is 16.7. The molecule has 3 rings (SSSR count). The molecule has 0 spiro atoms. The van der Waals surface area contributed by atoms with E-state index in [9.17, 15) is 19.7 Å². The van der Waals surface area contributed by atoms with Crippen LogP contribution in [0, 0.1) is 30.9 Å². The summed E-state index contributed by atoms with van der Waals surface area (Å²) in [6, 6.07) is 6.54. The molecular formula is C20H20N4O4S. The first-order valence-electron chi connectivity index (χ1n) is 8.80. The number of amides is 2. The number of carbonyl (C=O) groups is 2. The summed E-state index contributed by atoms with van der Waals surface area (Å²) in [5.41, 5.74) is 4.00. The number of carbonyl (C=O) groups excluding carboxylic acids is 2. The molecule has 1 saturated heterocycles. The van der Waals surface area contributed by atoms with Crippen LogP contribution in [0.3, 0.4) is 0 Å². The molecule has 8 nitrogen and oxygen atoms in total. The van der Waals surface area contributed by atoms with E-state index in [1.54, 1.807) is 19.1 Å². The average Bonchev–Trinajstić information content (AvgIpc) is 2.95. The van der Waals surface area contributed by atoms with E-state index in [4.69, 9.17) is 12.2 Å². The van der Waals surface area contributed by atoms with E-state index in [1.165, 1.54) is 36.0 Å². The van der Waals surface area contributed by atoms with Gasteiger partial charge in [0.15, 0.2) is 5.11 Å². The van der Waals surface area contributed by atoms with Crippen LogP contribution in [-0.2, 0) is 9.59 Å². The molecule has 2 aromatic rings. The summed E-state index contributed by atoms with van der Waals surface area (Å²) in [7, 11) is 3.07. The van der Waals surface area contributed by atoms with Crippen LogP contribution < -0.4 is 0 Å². The van der Waals surface area contributed by atoms with E-state index in [0.29, 0.717) is 5.56 Å². The van der Waals surface area contributed by atoms with Crippen molar-refractivity contribution in [2.24, 2.45) is 0 Å². The average molecular weight is 412 g/mol. The number of thiocarbonyl (C=S) groups is 1. The maximum Gasteiger partial charge on any atom is 0.269 e. The van der Waals surface area contributed by atoms with Crippen molar-refractivity contribution in [3.63, 3.8) is 0 Å². The number of benzene rings is 1. The molecule has 9 heteroatoms. The Hall–Kier alpha value is -3.33. The number of hydrogen-bond donors (Lipinski definition) is 0. The first-order chi connectivity index (χ1) is 13.5. The number of non-ortho nitro benzene ring substituents is 1. The topological polar surface area (TPSA) is 88.7 Å². The summed E-state index contributed by atoms with van der Waals surface area (Å²) in [5.74, 6) is -0.899. The maximum atomic E-state index is 12.6. The van der Waals surface area contributed by atoms with Gasteiger partial charge >= 0.3 is 0 Å². The van der Waals surface area contributed by atoms with E-state index in [2.05, 4.69) is 0 Å². The van der Waals surface area contributed by atoms with Crippen molar-refractivity contribution in [2.45, 2.75) is 20.8 Å². The summed E-state index contributed by atoms with van der Waals surface area (Å²) in [6.45, 7) is 5.57. The fourth-order valence-electron chi connectivity index (χ4n) is 3.44. The third-order valence-corrected chi connectivity index (χ3v) is 5.59. The monoisotopic (exact) mass is 412 g/mol. The van der Waals surface area contributed by atoms with Crippen molar-refractivity contribution in [1.82, 2.24) is 14.4 Å². The predicted molar refractivity (Wildman–Crippen MR) is 113 cm³/mol. The Balaban J connectivity index is 2.10. The third-order valence-electron chi connectivity index (χ3n) is 5.05. The number of nitro benzene ring substituents is 1. The van der Waals surface area contributed by atoms with Gasteiger partial charge in [-0.05, 0) is 62.3 Å². The van der Waals surface area contributed by atoms with Crippen LogP contribution >= 0.6 is 12.2 Å². The van der Waals surface area contributed by atoms with Crippen LogP contribution in [-0.4, -0.2) is 50.3 Å². The molecule has 0 saturated carbocycles. The lowest BCUT2D eigenvalue weighted by Gasteiger charge is -2.31. The van der Waals surface area contributed by atoms with Crippen molar-refractivity contribution in [2.75, 3.05) is 14.1 Å². The van der Waals surface area contributed by atoms with E-state index < -0.39 is 16.7 Å². The van der Waals surface area contributed by atoms with Gasteiger partial charge in [0.1, 0.15) is 5.57 Å². The van der Waals surface area contributed by atoms with Gasteiger partial charge in [0.2, 0.25) is 0 Å². The Morgan fingerprint density at radius 1 is 1.03 bits per heavy atom. The summed E-state index contributed by atoms with van der Waals surface area (Å²) in [5, 5.41) is 11.2. The Morgan fingerprint density at radius 3 is 2.14 bits per heavy atom. The van der Waals surface area contributed by atoms with E-state index >= 15 is 0 Å². The Bertz CT molecular complexity index is 1090. The first-order valence-corrected chi connectivity index (χ1v) is 9.21. The molecule has 0 N–H and O–H groups in total. The van der Waals surface area contributed by atoms with Crippen LogP contribution in [0.4, 0.5) is 5.69 Å². The molecule has 2 amide bonds. The SMILES string of the molecule is Cc1cc([N+](=O)[O-])ccc1-n1c(C)cc(C=C2C(=O)N(C)C(=S)N(C)C2=O)c1C. The second-order valence-electron chi connectivity index (χ2n) is 6.96. The third kappa shape index (κ3) is 3.33. The largest absolute Gasteiger partial charge is 0.318 e. The molecule has 0 unspecified atom stereocenters. The quantitative estimate of drug-likeness (QED) is 0.254. The van der Waals surface area contributed by atoms with Gasteiger partial charge in [0, 0.05) is 43.3 Å². The normalized spacial score (nSPS) is 14.7. The summed E-state index contributed by atoms with van der Waals surface area (Å²) < 4.78 is 1.95.